The quantitative estimate of drug-likeness (QED) is 0.816. The zero-order valence-corrected chi connectivity index (χ0v) is 16.1. The van der Waals surface area contributed by atoms with Gasteiger partial charge in [0.25, 0.3) is 11.8 Å². The summed E-state index contributed by atoms with van der Waals surface area (Å²) in [5, 5.41) is 3.01. The van der Waals surface area contributed by atoms with Gasteiger partial charge in [-0.1, -0.05) is 0 Å². The number of pyridine rings is 1. The molecule has 0 bridgehead atoms. The molecular weight excluding hydrogens is 363 g/mol. The molecule has 1 atom stereocenters. The lowest BCUT2D eigenvalue weighted by molar-refractivity contribution is 0.0410. The van der Waals surface area contributed by atoms with Gasteiger partial charge in [-0.2, -0.15) is 4.39 Å². The minimum Gasteiger partial charge on any atom is -0.495 e. The number of amides is 2. The molecule has 7 nitrogen and oxygen atoms in total. The Bertz CT molecular complexity index is 872. The maximum absolute atomic E-state index is 14.0. The van der Waals surface area contributed by atoms with Gasteiger partial charge in [0.1, 0.15) is 5.75 Å². The van der Waals surface area contributed by atoms with Gasteiger partial charge in [0, 0.05) is 44.0 Å². The first-order valence-electron chi connectivity index (χ1n) is 9.02. The van der Waals surface area contributed by atoms with Gasteiger partial charge in [0.05, 0.1) is 18.9 Å². The Morgan fingerprint density at radius 3 is 2.54 bits per heavy atom. The summed E-state index contributed by atoms with van der Waals surface area (Å²) in [5.41, 5.74) is 1.39. The lowest BCUT2D eigenvalue weighted by Gasteiger charge is -2.40. The van der Waals surface area contributed by atoms with Crippen molar-refractivity contribution in [3.63, 3.8) is 0 Å². The van der Waals surface area contributed by atoms with Gasteiger partial charge in [-0.25, -0.2) is 4.98 Å². The fourth-order valence-corrected chi connectivity index (χ4v) is 3.25. The number of piperazine rings is 1. The number of ether oxygens (including phenoxy) is 1. The molecular formula is C20H23FN4O3. The molecule has 2 heterocycles. The minimum atomic E-state index is -0.832. The molecule has 0 saturated carbocycles. The Morgan fingerprint density at radius 2 is 1.93 bits per heavy atom. The van der Waals surface area contributed by atoms with Crippen molar-refractivity contribution in [3.8, 4) is 5.75 Å². The van der Waals surface area contributed by atoms with Gasteiger partial charge in [0.2, 0.25) is 5.95 Å². The van der Waals surface area contributed by atoms with E-state index in [0.717, 1.165) is 5.69 Å². The van der Waals surface area contributed by atoms with Crippen LogP contribution in [-0.4, -0.2) is 66.4 Å². The van der Waals surface area contributed by atoms with Crippen molar-refractivity contribution in [1.29, 1.82) is 0 Å². The SMILES string of the molecule is CNc1ccc(C(=O)N2CCN(C(=O)c3cc(OC)cnc3F)[C@H](C)C2)cc1. The molecule has 0 unspecified atom stereocenters. The van der Waals surface area contributed by atoms with Crippen molar-refractivity contribution >= 4 is 17.5 Å². The summed E-state index contributed by atoms with van der Waals surface area (Å²) in [6, 6.07) is 8.32. The highest BCUT2D eigenvalue weighted by molar-refractivity contribution is 5.96. The summed E-state index contributed by atoms with van der Waals surface area (Å²) < 4.78 is 19.1. The van der Waals surface area contributed by atoms with E-state index in [1.54, 1.807) is 21.9 Å². The van der Waals surface area contributed by atoms with Crippen LogP contribution in [-0.2, 0) is 0 Å². The third kappa shape index (κ3) is 3.90. The van der Waals surface area contributed by atoms with Gasteiger partial charge in [-0.3, -0.25) is 9.59 Å². The summed E-state index contributed by atoms with van der Waals surface area (Å²) in [4.78, 5) is 32.4. The molecule has 1 fully saturated rings. The monoisotopic (exact) mass is 386 g/mol. The van der Waals surface area contributed by atoms with Crippen LogP contribution >= 0.6 is 0 Å². The second kappa shape index (κ2) is 8.24. The van der Waals surface area contributed by atoms with Crippen LogP contribution in [0.3, 0.4) is 0 Å². The highest BCUT2D eigenvalue weighted by atomic mass is 19.1. The first-order valence-corrected chi connectivity index (χ1v) is 9.02. The normalized spacial score (nSPS) is 16.6. The summed E-state index contributed by atoms with van der Waals surface area (Å²) in [6.45, 7) is 2.91. The van der Waals surface area contributed by atoms with Crippen LogP contribution in [0.25, 0.3) is 0 Å². The van der Waals surface area contributed by atoms with Crippen molar-refractivity contribution in [2.24, 2.45) is 0 Å². The first kappa shape index (κ1) is 19.6. The van der Waals surface area contributed by atoms with Crippen molar-refractivity contribution in [2.75, 3.05) is 39.1 Å². The molecule has 8 heteroatoms. The molecule has 1 aliphatic rings. The molecule has 0 aliphatic carbocycles. The van der Waals surface area contributed by atoms with Crippen molar-refractivity contribution in [3.05, 3.63) is 53.6 Å². The standard InChI is InChI=1S/C20H23FN4O3/c1-13-12-24(19(26)14-4-6-15(22-2)7-5-14)8-9-25(13)20(27)17-10-16(28-3)11-23-18(17)21/h4-7,10-11,13,22H,8-9,12H2,1-3H3/t13-/m1/s1. The third-order valence-electron chi connectivity index (χ3n) is 4.88. The van der Waals surface area contributed by atoms with Crippen LogP contribution in [0.2, 0.25) is 0 Å². The molecule has 0 spiro atoms. The van der Waals surface area contributed by atoms with E-state index in [0.29, 0.717) is 30.9 Å². The Morgan fingerprint density at radius 1 is 1.21 bits per heavy atom. The van der Waals surface area contributed by atoms with Crippen LogP contribution < -0.4 is 10.1 Å². The van der Waals surface area contributed by atoms with Crippen molar-refractivity contribution in [1.82, 2.24) is 14.8 Å². The predicted molar refractivity (Wildman–Crippen MR) is 103 cm³/mol. The van der Waals surface area contributed by atoms with E-state index in [-0.39, 0.29) is 17.5 Å². The largest absolute Gasteiger partial charge is 0.495 e. The Labute approximate surface area is 163 Å². The van der Waals surface area contributed by atoms with E-state index in [9.17, 15) is 14.0 Å². The summed E-state index contributed by atoms with van der Waals surface area (Å²) in [5.74, 6) is -1.06. The first-order chi connectivity index (χ1) is 13.4. The van der Waals surface area contributed by atoms with Crippen molar-refractivity contribution in [2.45, 2.75) is 13.0 Å². The van der Waals surface area contributed by atoms with Crippen LogP contribution in [0, 0.1) is 5.95 Å². The van der Waals surface area contributed by atoms with Gasteiger partial charge in [-0.15, -0.1) is 0 Å². The number of anilines is 1. The molecule has 3 rings (SSSR count). The van der Waals surface area contributed by atoms with E-state index in [1.807, 2.05) is 26.1 Å². The summed E-state index contributed by atoms with van der Waals surface area (Å²) in [6.07, 6.45) is 1.23. The van der Waals surface area contributed by atoms with Crippen LogP contribution in [0.1, 0.15) is 27.6 Å². The average molecular weight is 386 g/mol. The minimum absolute atomic E-state index is 0.0872. The predicted octanol–water partition coefficient (Wildman–Crippen LogP) is 2.26. The number of carbonyl (C=O) groups is 2. The number of hydrogen-bond donors (Lipinski definition) is 1. The number of hydrogen-bond acceptors (Lipinski definition) is 5. The molecule has 1 aliphatic heterocycles. The average Bonchev–Trinajstić information content (AvgIpc) is 2.73. The number of halogens is 1. The smallest absolute Gasteiger partial charge is 0.259 e. The van der Waals surface area contributed by atoms with Crippen LogP contribution in [0.5, 0.6) is 5.75 Å². The number of carbonyl (C=O) groups excluding carboxylic acids is 2. The maximum Gasteiger partial charge on any atom is 0.259 e. The van der Waals surface area contributed by atoms with E-state index >= 15 is 0 Å². The fourth-order valence-electron chi connectivity index (χ4n) is 3.25. The van der Waals surface area contributed by atoms with Gasteiger partial charge >= 0.3 is 0 Å². The second-order valence-corrected chi connectivity index (χ2v) is 6.64. The molecule has 0 radical (unpaired) electrons. The highest BCUT2D eigenvalue weighted by Gasteiger charge is 2.32. The third-order valence-corrected chi connectivity index (χ3v) is 4.88. The topological polar surface area (TPSA) is 74.8 Å². The van der Waals surface area contributed by atoms with E-state index in [2.05, 4.69) is 10.3 Å². The Kier molecular flexibility index (Phi) is 5.77. The molecule has 2 aromatic rings. The molecule has 28 heavy (non-hydrogen) atoms. The molecule has 1 aromatic carbocycles. The fraction of sp³-hybridized carbons (Fsp3) is 0.350. The zero-order valence-electron chi connectivity index (χ0n) is 16.1. The number of benzene rings is 1. The lowest BCUT2D eigenvalue weighted by atomic mass is 10.1. The van der Waals surface area contributed by atoms with Gasteiger partial charge in [-0.05, 0) is 37.3 Å². The molecule has 1 aromatic heterocycles. The van der Waals surface area contributed by atoms with Crippen LogP contribution in [0.4, 0.5) is 10.1 Å². The number of rotatable bonds is 4. The molecule has 1 saturated heterocycles. The zero-order chi connectivity index (χ0) is 20.3. The molecule has 1 N–H and O–H groups in total. The molecule has 2 amide bonds. The summed E-state index contributed by atoms with van der Waals surface area (Å²) in [7, 11) is 3.24. The number of methoxy groups -OCH3 is 1. The van der Waals surface area contributed by atoms with E-state index in [4.69, 9.17) is 4.74 Å². The summed E-state index contributed by atoms with van der Waals surface area (Å²) >= 11 is 0. The lowest BCUT2D eigenvalue weighted by Crippen LogP contribution is -2.55. The van der Waals surface area contributed by atoms with E-state index in [1.165, 1.54) is 19.4 Å². The van der Waals surface area contributed by atoms with Crippen LogP contribution in [0.15, 0.2) is 36.5 Å². The Balaban J connectivity index is 1.71. The highest BCUT2D eigenvalue weighted by Crippen LogP contribution is 2.20. The van der Waals surface area contributed by atoms with Crippen molar-refractivity contribution < 1.29 is 18.7 Å². The van der Waals surface area contributed by atoms with Gasteiger partial charge < -0.3 is 19.9 Å². The number of aromatic nitrogens is 1. The number of nitrogens with zero attached hydrogens (tertiary/aromatic N) is 3. The second-order valence-electron chi connectivity index (χ2n) is 6.64. The number of nitrogens with one attached hydrogen (secondary N) is 1. The van der Waals surface area contributed by atoms with Gasteiger partial charge in [0.15, 0.2) is 0 Å². The van der Waals surface area contributed by atoms with E-state index < -0.39 is 11.9 Å². The Hall–Kier alpha value is -3.16. The molecule has 148 valence electrons. The maximum atomic E-state index is 14.0.